The van der Waals surface area contributed by atoms with Crippen LogP contribution in [0.15, 0.2) is 28.7 Å². The van der Waals surface area contributed by atoms with Crippen LogP contribution in [0.4, 0.5) is 5.69 Å². The van der Waals surface area contributed by atoms with Gasteiger partial charge in [-0.3, -0.25) is 0 Å². The highest BCUT2D eigenvalue weighted by Crippen LogP contribution is 2.29. The highest BCUT2D eigenvalue weighted by molar-refractivity contribution is 9.10. The molecule has 0 bridgehead atoms. The first-order chi connectivity index (χ1) is 9.61. The summed E-state index contributed by atoms with van der Waals surface area (Å²) in [6, 6.07) is 6.22. The van der Waals surface area contributed by atoms with Gasteiger partial charge in [0.25, 0.3) is 0 Å². The predicted molar refractivity (Wildman–Crippen MR) is 83.1 cm³/mol. The lowest BCUT2D eigenvalue weighted by molar-refractivity contribution is -0.131. The molecule has 1 aromatic rings. The molecule has 2 rings (SSSR count). The molecule has 1 unspecified atom stereocenters. The summed E-state index contributed by atoms with van der Waals surface area (Å²) in [4.78, 5) is 13.0. The van der Waals surface area contributed by atoms with E-state index in [4.69, 9.17) is 9.84 Å². The molecule has 1 aromatic carbocycles. The number of carboxylic acids is 1. The minimum atomic E-state index is -0.937. The SMILES string of the molecule is CCC1COCCN1c1cc(Br)ccc1/C=C/C(=O)O. The number of hydrogen-bond acceptors (Lipinski definition) is 3. The van der Waals surface area contributed by atoms with Crippen molar-refractivity contribution in [3.63, 3.8) is 0 Å². The first-order valence-corrected chi connectivity index (χ1v) is 7.46. The number of rotatable bonds is 4. The molecule has 0 spiro atoms. The Labute approximate surface area is 127 Å². The van der Waals surface area contributed by atoms with Crippen LogP contribution in [0.1, 0.15) is 18.9 Å². The number of ether oxygens (including phenoxy) is 1. The molecule has 0 radical (unpaired) electrons. The molecule has 1 N–H and O–H groups in total. The van der Waals surface area contributed by atoms with E-state index < -0.39 is 5.97 Å². The molecule has 5 heteroatoms. The number of carbonyl (C=O) groups is 1. The summed E-state index contributed by atoms with van der Waals surface area (Å²) < 4.78 is 6.51. The number of morpholine rings is 1. The Hall–Kier alpha value is -1.33. The average molecular weight is 340 g/mol. The summed E-state index contributed by atoms with van der Waals surface area (Å²) in [5.74, 6) is -0.937. The van der Waals surface area contributed by atoms with Gasteiger partial charge in [0.1, 0.15) is 0 Å². The number of aliphatic carboxylic acids is 1. The Kier molecular flexibility index (Phi) is 5.20. The van der Waals surface area contributed by atoms with Crippen LogP contribution in [0.3, 0.4) is 0 Å². The lowest BCUT2D eigenvalue weighted by Gasteiger charge is -2.38. The Morgan fingerprint density at radius 2 is 2.40 bits per heavy atom. The largest absolute Gasteiger partial charge is 0.478 e. The molecule has 0 saturated carbocycles. The van der Waals surface area contributed by atoms with Crippen LogP contribution in [-0.2, 0) is 9.53 Å². The van der Waals surface area contributed by atoms with Crippen LogP contribution < -0.4 is 4.90 Å². The van der Waals surface area contributed by atoms with Gasteiger partial charge in [-0.2, -0.15) is 0 Å². The van der Waals surface area contributed by atoms with Crippen LogP contribution in [0.5, 0.6) is 0 Å². The minimum Gasteiger partial charge on any atom is -0.478 e. The first-order valence-electron chi connectivity index (χ1n) is 6.66. The van der Waals surface area contributed by atoms with Crippen molar-refractivity contribution in [2.75, 3.05) is 24.7 Å². The highest BCUT2D eigenvalue weighted by Gasteiger charge is 2.23. The average Bonchev–Trinajstić information content (AvgIpc) is 2.45. The lowest BCUT2D eigenvalue weighted by Crippen LogP contribution is -2.45. The third-order valence-corrected chi connectivity index (χ3v) is 3.90. The van der Waals surface area contributed by atoms with E-state index in [0.717, 1.165) is 28.7 Å². The van der Waals surface area contributed by atoms with Gasteiger partial charge in [0, 0.05) is 22.8 Å². The molecule has 0 aromatic heterocycles. The maximum atomic E-state index is 10.7. The van der Waals surface area contributed by atoms with Crippen molar-refractivity contribution in [2.24, 2.45) is 0 Å². The van der Waals surface area contributed by atoms with Crippen molar-refractivity contribution in [3.05, 3.63) is 34.3 Å². The number of carboxylic acid groups (broad SMARTS) is 1. The number of benzene rings is 1. The van der Waals surface area contributed by atoms with Crippen molar-refractivity contribution in [3.8, 4) is 0 Å². The summed E-state index contributed by atoms with van der Waals surface area (Å²) in [5, 5.41) is 8.80. The molecule has 4 nitrogen and oxygen atoms in total. The molecule has 1 saturated heterocycles. The fraction of sp³-hybridized carbons (Fsp3) is 0.400. The van der Waals surface area contributed by atoms with Crippen LogP contribution in [0, 0.1) is 0 Å². The van der Waals surface area contributed by atoms with Gasteiger partial charge in [-0.05, 0) is 30.2 Å². The van der Waals surface area contributed by atoms with Gasteiger partial charge >= 0.3 is 5.97 Å². The second kappa shape index (κ2) is 6.90. The van der Waals surface area contributed by atoms with Crippen LogP contribution in [-0.4, -0.2) is 36.9 Å². The van der Waals surface area contributed by atoms with E-state index in [1.54, 1.807) is 6.08 Å². The van der Waals surface area contributed by atoms with E-state index in [9.17, 15) is 4.79 Å². The zero-order valence-electron chi connectivity index (χ0n) is 11.4. The molecule has 20 heavy (non-hydrogen) atoms. The molecule has 0 amide bonds. The number of nitrogens with zero attached hydrogens (tertiary/aromatic N) is 1. The third-order valence-electron chi connectivity index (χ3n) is 3.41. The smallest absolute Gasteiger partial charge is 0.328 e. The lowest BCUT2D eigenvalue weighted by atomic mass is 10.1. The second-order valence-electron chi connectivity index (χ2n) is 4.71. The molecule has 1 aliphatic heterocycles. The van der Waals surface area contributed by atoms with Gasteiger partial charge in [-0.25, -0.2) is 4.79 Å². The number of halogens is 1. The fourth-order valence-electron chi connectivity index (χ4n) is 2.38. The van der Waals surface area contributed by atoms with Crippen molar-refractivity contribution < 1.29 is 14.6 Å². The summed E-state index contributed by atoms with van der Waals surface area (Å²) in [6.07, 6.45) is 3.81. The van der Waals surface area contributed by atoms with Crippen molar-refractivity contribution in [1.82, 2.24) is 0 Å². The van der Waals surface area contributed by atoms with Gasteiger partial charge < -0.3 is 14.7 Å². The van der Waals surface area contributed by atoms with Gasteiger partial charge in [0.15, 0.2) is 0 Å². The molecular formula is C15H18BrNO3. The molecule has 1 aliphatic rings. The maximum Gasteiger partial charge on any atom is 0.328 e. The molecular weight excluding hydrogens is 322 g/mol. The Bertz CT molecular complexity index is 516. The minimum absolute atomic E-state index is 0.329. The van der Waals surface area contributed by atoms with E-state index in [1.807, 2.05) is 18.2 Å². The number of hydrogen-bond donors (Lipinski definition) is 1. The third kappa shape index (κ3) is 3.61. The summed E-state index contributed by atoms with van der Waals surface area (Å²) in [5.41, 5.74) is 1.96. The molecule has 1 atom stereocenters. The van der Waals surface area contributed by atoms with Crippen LogP contribution >= 0.6 is 15.9 Å². The first kappa shape index (κ1) is 15.1. The molecule has 0 aliphatic carbocycles. The van der Waals surface area contributed by atoms with Crippen molar-refractivity contribution in [2.45, 2.75) is 19.4 Å². The van der Waals surface area contributed by atoms with E-state index in [0.29, 0.717) is 19.3 Å². The molecule has 1 fully saturated rings. The van der Waals surface area contributed by atoms with Gasteiger partial charge in [0.2, 0.25) is 0 Å². The van der Waals surface area contributed by atoms with E-state index in [1.165, 1.54) is 6.08 Å². The monoisotopic (exact) mass is 339 g/mol. The topological polar surface area (TPSA) is 49.8 Å². The summed E-state index contributed by atoms with van der Waals surface area (Å²) in [6.45, 7) is 4.37. The Balaban J connectivity index is 2.37. The van der Waals surface area contributed by atoms with Crippen LogP contribution in [0.2, 0.25) is 0 Å². The van der Waals surface area contributed by atoms with Crippen molar-refractivity contribution >= 4 is 33.7 Å². The normalized spacial score (nSPS) is 19.5. The second-order valence-corrected chi connectivity index (χ2v) is 5.62. The molecule has 1 heterocycles. The molecule has 108 valence electrons. The standard InChI is InChI=1S/C15H18BrNO3/c1-2-13-10-20-8-7-17(13)14-9-12(16)5-3-11(14)4-6-15(18)19/h3-6,9,13H,2,7-8,10H2,1H3,(H,18,19)/b6-4+. The van der Waals surface area contributed by atoms with Crippen molar-refractivity contribution in [1.29, 1.82) is 0 Å². The van der Waals surface area contributed by atoms with E-state index in [2.05, 4.69) is 27.8 Å². The number of anilines is 1. The van der Waals surface area contributed by atoms with E-state index in [-0.39, 0.29) is 0 Å². The van der Waals surface area contributed by atoms with Gasteiger partial charge in [0.05, 0.1) is 19.3 Å². The summed E-state index contributed by atoms with van der Waals surface area (Å²) >= 11 is 3.49. The van der Waals surface area contributed by atoms with Crippen LogP contribution in [0.25, 0.3) is 6.08 Å². The zero-order chi connectivity index (χ0) is 14.5. The highest BCUT2D eigenvalue weighted by atomic mass is 79.9. The Morgan fingerprint density at radius 3 is 3.10 bits per heavy atom. The Morgan fingerprint density at radius 1 is 1.60 bits per heavy atom. The zero-order valence-corrected chi connectivity index (χ0v) is 13.0. The van der Waals surface area contributed by atoms with Gasteiger partial charge in [-0.15, -0.1) is 0 Å². The predicted octanol–water partition coefficient (Wildman–Crippen LogP) is 3.16. The quantitative estimate of drug-likeness (QED) is 0.856. The summed E-state index contributed by atoms with van der Waals surface area (Å²) in [7, 11) is 0. The fourth-order valence-corrected chi connectivity index (χ4v) is 2.73. The maximum absolute atomic E-state index is 10.7. The van der Waals surface area contributed by atoms with E-state index >= 15 is 0 Å². The van der Waals surface area contributed by atoms with Gasteiger partial charge in [-0.1, -0.05) is 28.9 Å².